The first kappa shape index (κ1) is 15.3. The van der Waals surface area contributed by atoms with Crippen LogP contribution in [-0.4, -0.2) is 27.9 Å². The zero-order valence-corrected chi connectivity index (χ0v) is 12.0. The molecule has 0 amide bonds. The summed E-state index contributed by atoms with van der Waals surface area (Å²) in [6.07, 6.45) is 0.103. The normalized spacial score (nSPS) is 10.7. The van der Waals surface area contributed by atoms with Crippen molar-refractivity contribution < 1.29 is 18.5 Å². The number of benzene rings is 1. The molecule has 0 aromatic heterocycles. The van der Waals surface area contributed by atoms with E-state index in [1.54, 1.807) is 12.1 Å². The Labute approximate surface area is 115 Å². The van der Waals surface area contributed by atoms with Crippen LogP contribution in [0.5, 0.6) is 0 Å². The number of ketones is 1. The van der Waals surface area contributed by atoms with Crippen LogP contribution in [0.3, 0.4) is 0 Å². The van der Waals surface area contributed by atoms with E-state index < -0.39 is 11.4 Å². The second kappa shape index (κ2) is 6.43. The average Bonchev–Trinajstić information content (AvgIpc) is 2.39. The summed E-state index contributed by atoms with van der Waals surface area (Å²) in [4.78, 5) is 23.8. The van der Waals surface area contributed by atoms with Gasteiger partial charge in [0.1, 0.15) is 10.3 Å². The van der Waals surface area contributed by atoms with Crippen LogP contribution in [0.2, 0.25) is 0 Å². The van der Waals surface area contributed by atoms with Crippen LogP contribution in [0.4, 0.5) is 0 Å². The summed E-state index contributed by atoms with van der Waals surface area (Å²) in [6.45, 7) is 3.03. The molecule has 1 aromatic carbocycles. The zero-order chi connectivity index (χ0) is 14.5. The molecule has 0 atom stereocenters. The Kier molecular flexibility index (Phi) is 5.18. The molecule has 0 aliphatic heterocycles. The fraction of sp³-hybridized carbons (Fsp3) is 0.357. The van der Waals surface area contributed by atoms with Crippen molar-refractivity contribution in [3.05, 3.63) is 35.9 Å². The third-order valence-electron chi connectivity index (χ3n) is 2.81. The molecule has 5 heteroatoms. The lowest BCUT2D eigenvalue weighted by Gasteiger charge is -2.21. The molecule has 0 bridgehead atoms. The van der Waals surface area contributed by atoms with Gasteiger partial charge in [-0.2, -0.15) is 0 Å². The van der Waals surface area contributed by atoms with Crippen LogP contribution in [0, 0.1) is 5.41 Å². The highest BCUT2D eigenvalue weighted by Crippen LogP contribution is 2.20. The van der Waals surface area contributed by atoms with E-state index in [-0.39, 0.29) is 28.3 Å². The van der Waals surface area contributed by atoms with E-state index in [4.69, 9.17) is 0 Å². The van der Waals surface area contributed by atoms with E-state index in [1.807, 2.05) is 18.2 Å². The van der Waals surface area contributed by atoms with Crippen molar-refractivity contribution in [2.24, 2.45) is 5.41 Å². The largest absolute Gasteiger partial charge is 0.468 e. The quantitative estimate of drug-likeness (QED) is 0.604. The molecule has 0 aliphatic rings. The number of hydrogen-bond donors (Lipinski definition) is 0. The summed E-state index contributed by atoms with van der Waals surface area (Å²) in [7, 11) is 1.23. The van der Waals surface area contributed by atoms with Crippen molar-refractivity contribution in [2.45, 2.75) is 20.3 Å². The van der Waals surface area contributed by atoms with Gasteiger partial charge >= 0.3 is 5.97 Å². The van der Waals surface area contributed by atoms with Crippen molar-refractivity contribution in [2.75, 3.05) is 7.11 Å². The third kappa shape index (κ3) is 3.61. The number of esters is 1. The molecular weight excluding hydrogens is 264 g/mol. The van der Waals surface area contributed by atoms with Crippen LogP contribution in [-0.2, 0) is 32.0 Å². The van der Waals surface area contributed by atoms with E-state index in [0.717, 1.165) is 5.56 Å². The number of methoxy groups -OCH3 is 1. The van der Waals surface area contributed by atoms with E-state index >= 15 is 0 Å². The van der Waals surface area contributed by atoms with Crippen LogP contribution < -0.4 is 0 Å². The van der Waals surface area contributed by atoms with Gasteiger partial charge < -0.3 is 4.74 Å². The van der Waals surface area contributed by atoms with Gasteiger partial charge in [-0.1, -0.05) is 30.3 Å². The highest BCUT2D eigenvalue weighted by atomic mass is 32.1. The summed E-state index contributed by atoms with van der Waals surface area (Å²) in [5.41, 5.74) is -0.410. The van der Waals surface area contributed by atoms with Crippen LogP contribution in [0.1, 0.15) is 19.4 Å². The molecule has 0 heterocycles. The van der Waals surface area contributed by atoms with E-state index in [1.165, 1.54) is 21.0 Å². The number of ether oxygens (including phenoxy) is 1. The SMILES string of the molecule is COC(=O)C(C)(C)C(=S=O)C(=O)Cc1ccccc1. The Morgan fingerprint density at radius 1 is 1.21 bits per heavy atom. The Hall–Kier alpha value is -1.75. The monoisotopic (exact) mass is 280 g/mol. The van der Waals surface area contributed by atoms with Gasteiger partial charge in [0, 0.05) is 6.42 Å². The summed E-state index contributed by atoms with van der Waals surface area (Å²) in [5, 5.41) is 0. The van der Waals surface area contributed by atoms with Gasteiger partial charge in [-0.15, -0.1) is 0 Å². The summed E-state index contributed by atoms with van der Waals surface area (Å²) >= 11 is 0.0642. The minimum Gasteiger partial charge on any atom is -0.468 e. The van der Waals surface area contributed by atoms with Gasteiger partial charge in [-0.3, -0.25) is 9.59 Å². The molecule has 0 saturated carbocycles. The number of hydrogen-bond acceptors (Lipinski definition) is 4. The Morgan fingerprint density at radius 2 is 1.79 bits per heavy atom. The number of rotatable bonds is 5. The molecule has 0 saturated heterocycles. The maximum absolute atomic E-state index is 12.1. The molecule has 102 valence electrons. The standard InChI is InChI=1S/C14H16O4S/c1-14(2,13(16)18-3)12(19-17)11(15)9-10-7-5-4-6-8-10/h4-8H,9H2,1-3H3. The van der Waals surface area contributed by atoms with Gasteiger partial charge in [0.2, 0.25) is 0 Å². The molecular formula is C14H16O4S. The molecule has 1 rings (SSSR count). The summed E-state index contributed by atoms with van der Waals surface area (Å²) in [6, 6.07) is 9.09. The molecule has 19 heavy (non-hydrogen) atoms. The van der Waals surface area contributed by atoms with Crippen molar-refractivity contribution in [1.82, 2.24) is 0 Å². The maximum Gasteiger partial charge on any atom is 0.316 e. The minimum atomic E-state index is -1.22. The lowest BCUT2D eigenvalue weighted by Crippen LogP contribution is -2.39. The molecule has 0 aliphatic carbocycles. The van der Waals surface area contributed by atoms with E-state index in [2.05, 4.69) is 4.74 Å². The van der Waals surface area contributed by atoms with Crippen molar-refractivity contribution in [3.63, 3.8) is 0 Å². The maximum atomic E-state index is 12.1. The predicted octanol–water partition coefficient (Wildman–Crippen LogP) is 1.38. The van der Waals surface area contributed by atoms with Gasteiger partial charge in [0.15, 0.2) is 5.78 Å². The smallest absolute Gasteiger partial charge is 0.316 e. The lowest BCUT2D eigenvalue weighted by atomic mass is 9.85. The van der Waals surface area contributed by atoms with Gasteiger partial charge in [0.25, 0.3) is 0 Å². The zero-order valence-electron chi connectivity index (χ0n) is 11.1. The second-order valence-corrected chi connectivity index (χ2v) is 5.19. The first-order valence-electron chi connectivity index (χ1n) is 5.76. The predicted molar refractivity (Wildman–Crippen MR) is 74.1 cm³/mol. The molecule has 0 spiro atoms. The summed E-state index contributed by atoms with van der Waals surface area (Å²) < 4.78 is 15.8. The highest BCUT2D eigenvalue weighted by Gasteiger charge is 2.38. The molecule has 0 fully saturated rings. The second-order valence-electron chi connectivity index (χ2n) is 4.61. The van der Waals surface area contributed by atoms with Gasteiger partial charge in [-0.05, 0) is 19.4 Å². The Morgan fingerprint density at radius 3 is 2.26 bits per heavy atom. The average molecular weight is 280 g/mol. The van der Waals surface area contributed by atoms with Gasteiger partial charge in [0.05, 0.1) is 18.4 Å². The third-order valence-corrected chi connectivity index (χ3v) is 3.71. The number of carbonyl (C=O) groups is 2. The van der Waals surface area contributed by atoms with Gasteiger partial charge in [-0.25, -0.2) is 4.21 Å². The van der Waals surface area contributed by atoms with E-state index in [0.29, 0.717) is 0 Å². The number of carbonyl (C=O) groups excluding carboxylic acids is 2. The van der Waals surface area contributed by atoms with Crippen LogP contribution in [0.25, 0.3) is 0 Å². The first-order valence-corrected chi connectivity index (χ1v) is 6.50. The molecule has 0 unspecified atom stereocenters. The van der Waals surface area contributed by atoms with Crippen molar-refractivity contribution in [3.8, 4) is 0 Å². The van der Waals surface area contributed by atoms with Crippen molar-refractivity contribution in [1.29, 1.82) is 0 Å². The summed E-state index contributed by atoms with van der Waals surface area (Å²) in [5.74, 6) is -0.936. The molecule has 4 nitrogen and oxygen atoms in total. The topological polar surface area (TPSA) is 60.4 Å². The first-order chi connectivity index (χ1) is 8.93. The highest BCUT2D eigenvalue weighted by molar-refractivity contribution is 7.68. The minimum absolute atomic E-state index is 0.0248. The molecule has 0 N–H and O–H groups in total. The lowest BCUT2D eigenvalue weighted by molar-refractivity contribution is -0.147. The van der Waals surface area contributed by atoms with E-state index in [9.17, 15) is 13.8 Å². The molecule has 1 aromatic rings. The Bertz CT molecular complexity index is 528. The number of Topliss-reactive ketones (excluding diaryl/α,β-unsaturated/α-hetero) is 1. The molecule has 0 radical (unpaired) electrons. The van der Waals surface area contributed by atoms with Crippen LogP contribution >= 0.6 is 0 Å². The Balaban J connectivity index is 2.97. The fourth-order valence-corrected chi connectivity index (χ4v) is 2.17. The van der Waals surface area contributed by atoms with Crippen LogP contribution in [0.15, 0.2) is 30.3 Å². The van der Waals surface area contributed by atoms with Crippen molar-refractivity contribution >= 4 is 27.9 Å². The fourth-order valence-electron chi connectivity index (χ4n) is 1.71.